The summed E-state index contributed by atoms with van der Waals surface area (Å²) in [5.41, 5.74) is 4.62. The normalized spacial score (nSPS) is 12.3. The zero-order valence-corrected chi connectivity index (χ0v) is 18.7. The first kappa shape index (κ1) is 22.2. The van der Waals surface area contributed by atoms with Crippen LogP contribution in [0.1, 0.15) is 41.8 Å². The van der Waals surface area contributed by atoms with Gasteiger partial charge in [-0.05, 0) is 37.6 Å². The lowest BCUT2D eigenvalue weighted by atomic mass is 9.95. The molecule has 1 N–H and O–H groups in total. The van der Waals surface area contributed by atoms with Gasteiger partial charge in [0.15, 0.2) is 0 Å². The van der Waals surface area contributed by atoms with Crippen LogP contribution in [0.25, 0.3) is 10.9 Å². The first-order valence-corrected chi connectivity index (χ1v) is 10.8. The van der Waals surface area contributed by atoms with E-state index in [2.05, 4.69) is 15.1 Å². The number of benzene rings is 2. The standard InChI is InChI=1S/C26H26N4O3/c1-3-5-20(12-26(31)32)19-8-10-23(11-9-19)33-17-21-6-4-7-25-24(21)16-30(29-25)15-22-14-27-18(2)13-28-22/h3-11,13-14,16,20H,12,15,17H2,1-2H3,(H,31,32)/t20-/m1/s1. The van der Waals surface area contributed by atoms with Crippen LogP contribution in [0.4, 0.5) is 0 Å². The molecule has 4 rings (SSSR count). The number of carboxylic acid groups (broad SMARTS) is 1. The molecule has 0 saturated carbocycles. The first-order valence-electron chi connectivity index (χ1n) is 10.8. The van der Waals surface area contributed by atoms with E-state index in [-0.39, 0.29) is 12.3 Å². The topological polar surface area (TPSA) is 90.1 Å². The molecule has 4 aromatic rings. The number of nitrogens with zero attached hydrogens (tertiary/aromatic N) is 4. The van der Waals surface area contributed by atoms with Gasteiger partial charge in [-0.2, -0.15) is 5.10 Å². The smallest absolute Gasteiger partial charge is 0.304 e. The molecule has 168 valence electrons. The molecule has 7 heteroatoms. The van der Waals surface area contributed by atoms with Crippen LogP contribution in [0.15, 0.2) is 73.2 Å². The van der Waals surface area contributed by atoms with Gasteiger partial charge < -0.3 is 9.84 Å². The number of ether oxygens (including phenoxy) is 1. The molecule has 2 heterocycles. The summed E-state index contributed by atoms with van der Waals surface area (Å²) in [5, 5.41) is 14.8. The van der Waals surface area contributed by atoms with E-state index < -0.39 is 5.97 Å². The molecule has 0 aliphatic carbocycles. The van der Waals surface area contributed by atoms with Crippen molar-refractivity contribution in [1.29, 1.82) is 0 Å². The van der Waals surface area contributed by atoms with Crippen LogP contribution in [-0.2, 0) is 17.9 Å². The van der Waals surface area contributed by atoms with Crippen molar-refractivity contribution in [2.45, 2.75) is 39.3 Å². The molecule has 2 aromatic heterocycles. The van der Waals surface area contributed by atoms with Gasteiger partial charge in [-0.25, -0.2) is 0 Å². The molecule has 2 aromatic carbocycles. The molecule has 0 bridgehead atoms. The van der Waals surface area contributed by atoms with Crippen molar-refractivity contribution in [3.63, 3.8) is 0 Å². The number of carbonyl (C=O) groups is 1. The zero-order valence-electron chi connectivity index (χ0n) is 18.7. The van der Waals surface area contributed by atoms with Crippen LogP contribution in [0.2, 0.25) is 0 Å². The molecule has 0 radical (unpaired) electrons. The summed E-state index contributed by atoms with van der Waals surface area (Å²) in [5.74, 6) is -0.242. The average Bonchev–Trinajstić information content (AvgIpc) is 3.22. The number of aromatic nitrogens is 4. The number of fused-ring (bicyclic) bond motifs is 1. The Morgan fingerprint density at radius 3 is 2.67 bits per heavy atom. The SMILES string of the molecule is CC=C[C@H](CC(=O)O)c1ccc(OCc2cccc3nn(Cc4cnc(C)cn4)cc23)cc1. The van der Waals surface area contributed by atoms with Crippen LogP contribution in [-0.4, -0.2) is 30.8 Å². The quantitative estimate of drug-likeness (QED) is 0.371. The molecule has 0 amide bonds. The van der Waals surface area contributed by atoms with Gasteiger partial charge in [0, 0.05) is 29.3 Å². The highest BCUT2D eigenvalue weighted by atomic mass is 16.5. The monoisotopic (exact) mass is 442 g/mol. The van der Waals surface area contributed by atoms with E-state index in [4.69, 9.17) is 9.84 Å². The fourth-order valence-electron chi connectivity index (χ4n) is 3.72. The lowest BCUT2D eigenvalue weighted by Gasteiger charge is -2.12. The van der Waals surface area contributed by atoms with Crippen molar-refractivity contribution in [1.82, 2.24) is 19.7 Å². The second-order valence-electron chi connectivity index (χ2n) is 7.91. The molecule has 0 aliphatic rings. The van der Waals surface area contributed by atoms with Gasteiger partial charge in [0.2, 0.25) is 0 Å². The third kappa shape index (κ3) is 5.63. The van der Waals surface area contributed by atoms with Crippen molar-refractivity contribution >= 4 is 16.9 Å². The summed E-state index contributed by atoms with van der Waals surface area (Å²) < 4.78 is 7.89. The van der Waals surface area contributed by atoms with Gasteiger partial charge in [-0.15, -0.1) is 0 Å². The van der Waals surface area contributed by atoms with E-state index >= 15 is 0 Å². The van der Waals surface area contributed by atoms with Crippen LogP contribution in [0, 0.1) is 6.92 Å². The number of aliphatic carboxylic acids is 1. The Kier molecular flexibility index (Phi) is 6.78. The van der Waals surface area contributed by atoms with Gasteiger partial charge in [0.1, 0.15) is 12.4 Å². The second kappa shape index (κ2) is 10.1. The third-order valence-electron chi connectivity index (χ3n) is 5.37. The Balaban J connectivity index is 1.46. The Morgan fingerprint density at radius 1 is 1.15 bits per heavy atom. The Bertz CT molecular complexity index is 1260. The highest BCUT2D eigenvalue weighted by molar-refractivity contribution is 5.81. The van der Waals surface area contributed by atoms with Crippen molar-refractivity contribution in [2.24, 2.45) is 0 Å². The van der Waals surface area contributed by atoms with Gasteiger partial charge >= 0.3 is 5.97 Å². The molecule has 0 saturated heterocycles. The van der Waals surface area contributed by atoms with Crippen LogP contribution in [0.3, 0.4) is 0 Å². The minimum atomic E-state index is -0.818. The number of hydrogen-bond acceptors (Lipinski definition) is 5. The summed E-state index contributed by atoms with van der Waals surface area (Å²) >= 11 is 0. The predicted molar refractivity (Wildman–Crippen MR) is 126 cm³/mol. The third-order valence-corrected chi connectivity index (χ3v) is 5.37. The molecule has 1 atom stereocenters. The summed E-state index contributed by atoms with van der Waals surface area (Å²) in [6, 6.07) is 13.6. The number of aryl methyl sites for hydroxylation is 1. The average molecular weight is 443 g/mol. The molecular formula is C26H26N4O3. The maximum Gasteiger partial charge on any atom is 0.304 e. The summed E-state index contributed by atoms with van der Waals surface area (Å²) in [4.78, 5) is 19.8. The number of rotatable bonds is 9. The first-order chi connectivity index (χ1) is 16.0. The Hall–Kier alpha value is -4.00. The van der Waals surface area contributed by atoms with Crippen LogP contribution in [0.5, 0.6) is 5.75 Å². The van der Waals surface area contributed by atoms with Crippen molar-refractivity contribution in [3.8, 4) is 5.75 Å². The Labute approximate surface area is 192 Å². The van der Waals surface area contributed by atoms with Crippen molar-refractivity contribution < 1.29 is 14.6 Å². The molecule has 0 fully saturated rings. The molecule has 0 spiro atoms. The molecule has 7 nitrogen and oxygen atoms in total. The van der Waals surface area contributed by atoms with E-state index in [1.165, 1.54) is 0 Å². The molecular weight excluding hydrogens is 416 g/mol. The second-order valence-corrected chi connectivity index (χ2v) is 7.91. The van der Waals surface area contributed by atoms with E-state index in [1.807, 2.05) is 79.3 Å². The Morgan fingerprint density at radius 2 is 1.97 bits per heavy atom. The van der Waals surface area contributed by atoms with Crippen LogP contribution >= 0.6 is 0 Å². The number of hydrogen-bond donors (Lipinski definition) is 1. The molecule has 0 aliphatic heterocycles. The fourth-order valence-corrected chi connectivity index (χ4v) is 3.72. The maximum atomic E-state index is 11.1. The van der Waals surface area contributed by atoms with Crippen LogP contribution < -0.4 is 4.74 Å². The zero-order chi connectivity index (χ0) is 23.2. The van der Waals surface area contributed by atoms with Gasteiger partial charge in [-0.1, -0.05) is 36.4 Å². The highest BCUT2D eigenvalue weighted by Gasteiger charge is 2.13. The summed E-state index contributed by atoms with van der Waals surface area (Å²) in [7, 11) is 0. The highest BCUT2D eigenvalue weighted by Crippen LogP contribution is 2.25. The van der Waals surface area contributed by atoms with Crippen molar-refractivity contribution in [2.75, 3.05) is 0 Å². The minimum Gasteiger partial charge on any atom is -0.489 e. The lowest BCUT2D eigenvalue weighted by Crippen LogP contribution is -2.04. The van der Waals surface area contributed by atoms with E-state index in [0.717, 1.165) is 39.2 Å². The molecule has 33 heavy (non-hydrogen) atoms. The fraction of sp³-hybridized carbons (Fsp3) is 0.231. The maximum absolute atomic E-state index is 11.1. The number of carboxylic acids is 1. The van der Waals surface area contributed by atoms with E-state index in [1.54, 1.807) is 12.4 Å². The minimum absolute atomic E-state index is 0.0602. The van der Waals surface area contributed by atoms with Gasteiger partial charge in [-0.3, -0.25) is 19.4 Å². The van der Waals surface area contributed by atoms with Gasteiger partial charge in [0.25, 0.3) is 0 Å². The van der Waals surface area contributed by atoms with Gasteiger partial charge in [0.05, 0.1) is 36.1 Å². The summed E-state index contributed by atoms with van der Waals surface area (Å²) in [6.07, 6.45) is 9.38. The summed E-state index contributed by atoms with van der Waals surface area (Å²) in [6.45, 7) is 4.76. The van der Waals surface area contributed by atoms with E-state index in [0.29, 0.717) is 13.2 Å². The lowest BCUT2D eigenvalue weighted by molar-refractivity contribution is -0.137. The largest absolute Gasteiger partial charge is 0.489 e. The number of allylic oxidation sites excluding steroid dienone is 2. The van der Waals surface area contributed by atoms with E-state index in [9.17, 15) is 4.79 Å². The predicted octanol–water partition coefficient (Wildman–Crippen LogP) is 4.90. The van der Waals surface area contributed by atoms with Crippen molar-refractivity contribution in [3.05, 3.63) is 95.7 Å². The molecule has 0 unspecified atom stereocenters.